The molecule has 3 rings (SSSR count). The van der Waals surface area contributed by atoms with Crippen molar-refractivity contribution in [3.63, 3.8) is 0 Å². The van der Waals surface area contributed by atoms with E-state index in [2.05, 4.69) is 10.5 Å². The van der Waals surface area contributed by atoms with E-state index >= 15 is 0 Å². The van der Waals surface area contributed by atoms with Crippen LogP contribution in [0.25, 0.3) is 0 Å². The Bertz CT molecular complexity index is 900. The summed E-state index contributed by atoms with van der Waals surface area (Å²) in [5.41, 5.74) is 2.60. The summed E-state index contributed by atoms with van der Waals surface area (Å²) in [6.45, 7) is 3.89. The molecule has 0 fully saturated rings. The molecule has 3 aromatic rings. The molecule has 6 nitrogen and oxygen atoms in total. The Morgan fingerprint density at radius 3 is 2.54 bits per heavy atom. The number of ether oxygens (including phenoxy) is 2. The molecule has 6 heteroatoms. The molecular formula is C20H20N2O4. The quantitative estimate of drug-likeness (QED) is 0.722. The van der Waals surface area contributed by atoms with Gasteiger partial charge in [-0.2, -0.15) is 0 Å². The molecular weight excluding hydrogens is 332 g/mol. The first-order chi connectivity index (χ1) is 12.6. The number of carbonyl (C=O) groups is 1. The standard InChI is InChI=1S/C20H20N2O4/c1-13-5-4-6-15(11-13)21-20(23)19-18(14(2)26-22-19)12-25-17-9-7-16(24-3)8-10-17/h4-11H,12H2,1-3H3,(H,21,23). The highest BCUT2D eigenvalue weighted by Crippen LogP contribution is 2.21. The molecule has 0 aliphatic rings. The summed E-state index contributed by atoms with van der Waals surface area (Å²) in [6, 6.07) is 14.8. The zero-order chi connectivity index (χ0) is 18.5. The van der Waals surface area contributed by atoms with Crippen molar-refractivity contribution in [3.8, 4) is 11.5 Å². The van der Waals surface area contributed by atoms with Crippen molar-refractivity contribution >= 4 is 11.6 Å². The minimum Gasteiger partial charge on any atom is -0.497 e. The highest BCUT2D eigenvalue weighted by atomic mass is 16.5. The number of carbonyl (C=O) groups excluding carboxylic acids is 1. The van der Waals surface area contributed by atoms with Crippen LogP contribution in [0.1, 0.15) is 27.4 Å². The lowest BCUT2D eigenvalue weighted by molar-refractivity contribution is 0.101. The number of nitrogens with one attached hydrogen (secondary N) is 1. The van der Waals surface area contributed by atoms with E-state index in [1.54, 1.807) is 38.3 Å². The number of hydrogen-bond acceptors (Lipinski definition) is 5. The third kappa shape index (κ3) is 4.03. The average Bonchev–Trinajstić information content (AvgIpc) is 3.01. The first-order valence-electron chi connectivity index (χ1n) is 8.17. The molecule has 0 saturated heterocycles. The van der Waals surface area contributed by atoms with Crippen LogP contribution in [-0.4, -0.2) is 18.2 Å². The molecule has 0 unspecified atom stereocenters. The molecule has 0 radical (unpaired) electrons. The van der Waals surface area contributed by atoms with Crippen molar-refractivity contribution in [2.45, 2.75) is 20.5 Å². The highest BCUT2D eigenvalue weighted by Gasteiger charge is 2.20. The second kappa shape index (κ2) is 7.74. The van der Waals surface area contributed by atoms with E-state index in [0.29, 0.717) is 22.8 Å². The van der Waals surface area contributed by atoms with Crippen LogP contribution >= 0.6 is 0 Å². The maximum atomic E-state index is 12.5. The normalized spacial score (nSPS) is 10.4. The first kappa shape index (κ1) is 17.5. The number of anilines is 1. The molecule has 1 amide bonds. The van der Waals surface area contributed by atoms with Crippen LogP contribution < -0.4 is 14.8 Å². The number of aryl methyl sites for hydroxylation is 2. The fraction of sp³-hybridized carbons (Fsp3) is 0.200. The number of amides is 1. The number of methoxy groups -OCH3 is 1. The monoisotopic (exact) mass is 352 g/mol. The molecule has 134 valence electrons. The van der Waals surface area contributed by atoms with Gasteiger partial charge in [0.25, 0.3) is 5.91 Å². The molecule has 2 aromatic carbocycles. The summed E-state index contributed by atoms with van der Waals surface area (Å²) in [4.78, 5) is 12.5. The third-order valence-corrected chi connectivity index (χ3v) is 3.92. The number of aromatic nitrogens is 1. The summed E-state index contributed by atoms with van der Waals surface area (Å²) in [7, 11) is 1.61. The number of nitrogens with zero attached hydrogens (tertiary/aromatic N) is 1. The largest absolute Gasteiger partial charge is 0.497 e. The van der Waals surface area contributed by atoms with Crippen LogP contribution in [-0.2, 0) is 6.61 Å². The summed E-state index contributed by atoms with van der Waals surface area (Å²) >= 11 is 0. The molecule has 1 N–H and O–H groups in total. The first-order valence-corrected chi connectivity index (χ1v) is 8.17. The molecule has 0 atom stereocenters. The molecule has 0 aliphatic carbocycles. The van der Waals surface area contributed by atoms with E-state index < -0.39 is 0 Å². The van der Waals surface area contributed by atoms with Crippen LogP contribution in [0.5, 0.6) is 11.5 Å². The van der Waals surface area contributed by atoms with Gasteiger partial charge in [-0.05, 0) is 55.8 Å². The van der Waals surface area contributed by atoms with E-state index in [9.17, 15) is 4.79 Å². The lowest BCUT2D eigenvalue weighted by Crippen LogP contribution is -2.15. The molecule has 0 saturated carbocycles. The molecule has 1 heterocycles. The van der Waals surface area contributed by atoms with Crippen molar-refractivity contribution in [3.05, 3.63) is 71.1 Å². The Balaban J connectivity index is 1.72. The smallest absolute Gasteiger partial charge is 0.278 e. The maximum Gasteiger partial charge on any atom is 0.278 e. The fourth-order valence-electron chi connectivity index (χ4n) is 2.48. The van der Waals surface area contributed by atoms with Gasteiger partial charge >= 0.3 is 0 Å². The van der Waals surface area contributed by atoms with Gasteiger partial charge in [0.15, 0.2) is 5.69 Å². The zero-order valence-electron chi connectivity index (χ0n) is 14.9. The van der Waals surface area contributed by atoms with Crippen molar-refractivity contribution in [2.75, 3.05) is 12.4 Å². The summed E-state index contributed by atoms with van der Waals surface area (Å²) in [6.07, 6.45) is 0. The van der Waals surface area contributed by atoms with Gasteiger partial charge in [-0.3, -0.25) is 4.79 Å². The van der Waals surface area contributed by atoms with Gasteiger partial charge in [0.1, 0.15) is 23.9 Å². The predicted octanol–water partition coefficient (Wildman–Crippen LogP) is 4.13. The highest BCUT2D eigenvalue weighted by molar-refractivity contribution is 6.03. The Morgan fingerprint density at radius 1 is 1.12 bits per heavy atom. The van der Waals surface area contributed by atoms with Crippen LogP contribution in [0, 0.1) is 13.8 Å². The number of benzene rings is 2. The zero-order valence-corrected chi connectivity index (χ0v) is 14.9. The van der Waals surface area contributed by atoms with Crippen molar-refractivity contribution in [1.82, 2.24) is 5.16 Å². The summed E-state index contributed by atoms with van der Waals surface area (Å²) in [5, 5.41) is 6.72. The van der Waals surface area contributed by atoms with E-state index in [0.717, 1.165) is 11.3 Å². The minimum absolute atomic E-state index is 0.179. The second-order valence-electron chi connectivity index (χ2n) is 5.85. The van der Waals surface area contributed by atoms with Crippen LogP contribution in [0.4, 0.5) is 5.69 Å². The molecule has 0 aliphatic heterocycles. The summed E-state index contributed by atoms with van der Waals surface area (Å²) in [5.74, 6) is 1.63. The SMILES string of the molecule is COc1ccc(OCc2c(C(=O)Nc3cccc(C)c3)noc2C)cc1. The average molecular weight is 352 g/mol. The Morgan fingerprint density at radius 2 is 1.85 bits per heavy atom. The van der Waals surface area contributed by atoms with Gasteiger partial charge in [-0.1, -0.05) is 17.3 Å². The predicted molar refractivity (Wildman–Crippen MR) is 97.7 cm³/mol. The van der Waals surface area contributed by atoms with E-state index in [1.165, 1.54) is 0 Å². The Kier molecular flexibility index (Phi) is 5.22. The lowest BCUT2D eigenvalue weighted by atomic mass is 10.2. The molecule has 0 spiro atoms. The lowest BCUT2D eigenvalue weighted by Gasteiger charge is -2.08. The van der Waals surface area contributed by atoms with Gasteiger partial charge in [-0.15, -0.1) is 0 Å². The topological polar surface area (TPSA) is 73.6 Å². The van der Waals surface area contributed by atoms with Crippen molar-refractivity contribution in [1.29, 1.82) is 0 Å². The van der Waals surface area contributed by atoms with Crippen LogP contribution in [0.2, 0.25) is 0 Å². The van der Waals surface area contributed by atoms with Gasteiger partial charge in [0, 0.05) is 5.69 Å². The summed E-state index contributed by atoms with van der Waals surface area (Å²) < 4.78 is 16.1. The second-order valence-corrected chi connectivity index (χ2v) is 5.85. The van der Waals surface area contributed by atoms with Crippen molar-refractivity contribution < 1.29 is 18.8 Å². The maximum absolute atomic E-state index is 12.5. The van der Waals surface area contributed by atoms with E-state index in [-0.39, 0.29) is 18.2 Å². The molecule has 1 aromatic heterocycles. The van der Waals surface area contributed by atoms with Crippen molar-refractivity contribution in [2.24, 2.45) is 0 Å². The fourth-order valence-corrected chi connectivity index (χ4v) is 2.48. The van der Waals surface area contributed by atoms with Crippen LogP contribution in [0.3, 0.4) is 0 Å². The number of hydrogen-bond donors (Lipinski definition) is 1. The van der Waals surface area contributed by atoms with E-state index in [4.69, 9.17) is 14.0 Å². The van der Waals surface area contributed by atoms with Gasteiger partial charge < -0.3 is 19.3 Å². The van der Waals surface area contributed by atoms with Gasteiger partial charge in [0.05, 0.1) is 12.7 Å². The van der Waals surface area contributed by atoms with Gasteiger partial charge in [-0.25, -0.2) is 0 Å². The van der Waals surface area contributed by atoms with Crippen LogP contribution in [0.15, 0.2) is 53.1 Å². The number of rotatable bonds is 6. The third-order valence-electron chi connectivity index (χ3n) is 3.92. The molecule has 0 bridgehead atoms. The molecule has 26 heavy (non-hydrogen) atoms. The Labute approximate surface area is 151 Å². The van der Waals surface area contributed by atoms with E-state index in [1.807, 2.05) is 31.2 Å². The Hall–Kier alpha value is -3.28. The van der Waals surface area contributed by atoms with Gasteiger partial charge in [0.2, 0.25) is 0 Å². The minimum atomic E-state index is -0.333.